The molecule has 0 aliphatic heterocycles. The van der Waals surface area contributed by atoms with Crippen LogP contribution in [0.3, 0.4) is 0 Å². The lowest BCUT2D eigenvalue weighted by molar-refractivity contribution is 0.101. The van der Waals surface area contributed by atoms with Crippen molar-refractivity contribution in [3.05, 3.63) is 81.8 Å². The number of hydrogen-bond acceptors (Lipinski definition) is 3. The molecule has 5 nitrogen and oxygen atoms in total. The first-order chi connectivity index (χ1) is 12.0. The number of para-hydroxylation sites is 1. The van der Waals surface area contributed by atoms with Crippen molar-refractivity contribution in [3.63, 3.8) is 0 Å². The van der Waals surface area contributed by atoms with Gasteiger partial charge >= 0.3 is 0 Å². The Balaban J connectivity index is 2.00. The van der Waals surface area contributed by atoms with Gasteiger partial charge in [-0.15, -0.1) is 0 Å². The second-order valence-corrected chi connectivity index (χ2v) is 5.89. The zero-order chi connectivity index (χ0) is 18.0. The van der Waals surface area contributed by atoms with Crippen LogP contribution in [0.25, 0.3) is 5.69 Å². The first-order valence-corrected chi connectivity index (χ1v) is 8.01. The van der Waals surface area contributed by atoms with Gasteiger partial charge in [-0.1, -0.05) is 18.2 Å². The number of Topliss-reactive ketones (excluding diaryl/α,β-unsaturated/α-hetero) is 1. The lowest BCUT2D eigenvalue weighted by Gasteiger charge is -2.00. The van der Waals surface area contributed by atoms with Crippen LogP contribution in [0.5, 0.6) is 0 Å². The first kappa shape index (κ1) is 16.6. The van der Waals surface area contributed by atoms with Crippen LogP contribution in [0, 0.1) is 6.92 Å². The highest BCUT2D eigenvalue weighted by atomic mass is 16.1. The maximum Gasteiger partial charge on any atom is 0.280 e. The Hall–Kier alpha value is -3.21. The fourth-order valence-electron chi connectivity index (χ4n) is 2.75. The quantitative estimate of drug-likeness (QED) is 0.582. The Morgan fingerprint density at radius 1 is 1.00 bits per heavy atom. The number of aryl methyl sites for hydroxylation is 1. The summed E-state index contributed by atoms with van der Waals surface area (Å²) in [5, 5.41) is 3.10. The number of rotatable bonds is 4. The third-order valence-corrected chi connectivity index (χ3v) is 4.02. The van der Waals surface area contributed by atoms with E-state index in [4.69, 9.17) is 0 Å². The van der Waals surface area contributed by atoms with Crippen molar-refractivity contribution in [1.82, 2.24) is 9.78 Å². The summed E-state index contributed by atoms with van der Waals surface area (Å²) in [7, 11) is 0. The maximum atomic E-state index is 12.8. The summed E-state index contributed by atoms with van der Waals surface area (Å²) in [4.78, 5) is 28.6. The van der Waals surface area contributed by atoms with E-state index >= 15 is 0 Å². The second-order valence-electron chi connectivity index (χ2n) is 5.89. The van der Waals surface area contributed by atoms with E-state index in [9.17, 15) is 9.59 Å². The molecule has 0 unspecified atom stereocenters. The molecule has 25 heavy (non-hydrogen) atoms. The number of benzene rings is 2. The normalized spacial score (nSPS) is 11.6. The summed E-state index contributed by atoms with van der Waals surface area (Å²) in [6.07, 6.45) is 0. The lowest BCUT2D eigenvalue weighted by Crippen LogP contribution is -2.19. The molecule has 3 aromatic rings. The Bertz CT molecular complexity index is 994. The minimum atomic E-state index is -0.134. The number of H-pyrrole nitrogens is 1. The van der Waals surface area contributed by atoms with Gasteiger partial charge in [-0.05, 0) is 57.2 Å². The Morgan fingerprint density at radius 3 is 2.24 bits per heavy atom. The van der Waals surface area contributed by atoms with Crippen LogP contribution in [0.4, 0.5) is 5.69 Å². The van der Waals surface area contributed by atoms with Gasteiger partial charge in [-0.3, -0.25) is 19.7 Å². The smallest absolute Gasteiger partial charge is 0.280 e. The number of nitrogens with zero attached hydrogens (tertiary/aromatic N) is 2. The fraction of sp³-hybridized carbons (Fsp3) is 0.150. The molecule has 0 aliphatic rings. The van der Waals surface area contributed by atoms with E-state index < -0.39 is 0 Å². The molecular weight excluding hydrogens is 314 g/mol. The zero-order valence-electron chi connectivity index (χ0n) is 14.4. The minimum absolute atomic E-state index is 0.0134. The molecule has 3 rings (SSSR count). The van der Waals surface area contributed by atoms with Crippen molar-refractivity contribution in [2.24, 2.45) is 4.99 Å². The van der Waals surface area contributed by atoms with Gasteiger partial charge in [-0.25, -0.2) is 4.68 Å². The van der Waals surface area contributed by atoms with Crippen LogP contribution in [0.2, 0.25) is 0 Å². The number of ketones is 1. The Morgan fingerprint density at radius 2 is 1.64 bits per heavy atom. The van der Waals surface area contributed by atoms with Gasteiger partial charge < -0.3 is 0 Å². The van der Waals surface area contributed by atoms with Crippen LogP contribution >= 0.6 is 0 Å². The predicted molar refractivity (Wildman–Crippen MR) is 99.4 cm³/mol. The van der Waals surface area contributed by atoms with Crippen LogP contribution < -0.4 is 5.56 Å². The van der Waals surface area contributed by atoms with Crippen molar-refractivity contribution < 1.29 is 4.79 Å². The molecule has 1 aromatic heterocycles. The average Bonchev–Trinajstić information content (AvgIpc) is 2.90. The highest BCUT2D eigenvalue weighted by molar-refractivity contribution is 6.01. The van der Waals surface area contributed by atoms with Gasteiger partial charge in [0, 0.05) is 11.3 Å². The molecule has 1 N–H and O–H groups in total. The molecule has 0 spiro atoms. The summed E-state index contributed by atoms with van der Waals surface area (Å²) in [5.74, 6) is 0.0134. The van der Waals surface area contributed by atoms with Gasteiger partial charge in [0.15, 0.2) is 5.78 Å². The molecule has 0 radical (unpaired) electrons. The number of carbonyl (C=O) groups excluding carboxylic acids is 1. The van der Waals surface area contributed by atoms with Crippen molar-refractivity contribution >= 4 is 17.2 Å². The molecule has 0 fully saturated rings. The molecule has 0 atom stereocenters. The largest absolute Gasteiger partial charge is 0.295 e. The summed E-state index contributed by atoms with van der Waals surface area (Å²) >= 11 is 0. The highest BCUT2D eigenvalue weighted by Gasteiger charge is 2.15. The zero-order valence-corrected chi connectivity index (χ0v) is 14.4. The molecule has 5 heteroatoms. The lowest BCUT2D eigenvalue weighted by atomic mass is 10.1. The van der Waals surface area contributed by atoms with Crippen molar-refractivity contribution in [2.75, 3.05) is 0 Å². The number of nitrogens with one attached hydrogen (secondary N) is 1. The number of carbonyl (C=O) groups is 1. The predicted octanol–water partition coefficient (Wildman–Crippen LogP) is 3.82. The highest BCUT2D eigenvalue weighted by Crippen LogP contribution is 2.16. The summed E-state index contributed by atoms with van der Waals surface area (Å²) in [6, 6.07) is 16.4. The van der Waals surface area contributed by atoms with Gasteiger partial charge in [0.05, 0.1) is 22.6 Å². The van der Waals surface area contributed by atoms with E-state index in [0.717, 1.165) is 11.4 Å². The number of aromatic nitrogens is 2. The van der Waals surface area contributed by atoms with E-state index in [0.29, 0.717) is 22.5 Å². The van der Waals surface area contributed by atoms with Gasteiger partial charge in [-0.2, -0.15) is 0 Å². The molecule has 0 amide bonds. The van der Waals surface area contributed by atoms with E-state index in [2.05, 4.69) is 10.1 Å². The standard InChI is InChI=1S/C20H19N3O2/c1-13(21-17-11-9-16(10-12-17)15(3)24)19-14(2)22-23(20(19)25)18-7-5-4-6-8-18/h4-12,22H,1-3H3. The van der Waals surface area contributed by atoms with E-state index in [1.165, 1.54) is 11.6 Å². The second kappa shape index (κ2) is 6.73. The van der Waals surface area contributed by atoms with Crippen molar-refractivity contribution in [1.29, 1.82) is 0 Å². The summed E-state index contributed by atoms with van der Waals surface area (Å²) in [5.41, 5.74) is 3.93. The minimum Gasteiger partial charge on any atom is -0.295 e. The monoisotopic (exact) mass is 333 g/mol. The molecule has 0 bridgehead atoms. The molecular formula is C20H19N3O2. The molecule has 0 saturated carbocycles. The fourth-order valence-corrected chi connectivity index (χ4v) is 2.75. The van der Waals surface area contributed by atoms with Gasteiger partial charge in [0.25, 0.3) is 5.56 Å². The molecule has 126 valence electrons. The summed E-state index contributed by atoms with van der Waals surface area (Å²) < 4.78 is 1.52. The third kappa shape index (κ3) is 3.35. The number of hydrogen-bond donors (Lipinski definition) is 1. The molecule has 2 aromatic carbocycles. The molecule has 0 aliphatic carbocycles. The third-order valence-electron chi connectivity index (χ3n) is 4.02. The topological polar surface area (TPSA) is 67.2 Å². The Labute approximate surface area is 145 Å². The van der Waals surface area contributed by atoms with Crippen LogP contribution in [-0.4, -0.2) is 21.3 Å². The van der Waals surface area contributed by atoms with Crippen LogP contribution in [0.1, 0.15) is 35.5 Å². The van der Waals surface area contributed by atoms with E-state index in [-0.39, 0.29) is 11.3 Å². The Kier molecular flexibility index (Phi) is 4.48. The average molecular weight is 333 g/mol. The van der Waals surface area contributed by atoms with Crippen LogP contribution in [-0.2, 0) is 0 Å². The van der Waals surface area contributed by atoms with Crippen LogP contribution in [0.15, 0.2) is 64.4 Å². The van der Waals surface area contributed by atoms with E-state index in [1.54, 1.807) is 24.3 Å². The van der Waals surface area contributed by atoms with Gasteiger partial charge in [0.2, 0.25) is 0 Å². The van der Waals surface area contributed by atoms with Gasteiger partial charge in [0.1, 0.15) is 0 Å². The van der Waals surface area contributed by atoms with Crippen molar-refractivity contribution in [2.45, 2.75) is 20.8 Å². The maximum absolute atomic E-state index is 12.8. The molecule has 0 saturated heterocycles. The van der Waals surface area contributed by atoms with E-state index in [1.807, 2.05) is 44.2 Å². The number of aliphatic imine (C=N–C) groups is 1. The first-order valence-electron chi connectivity index (χ1n) is 8.01. The van der Waals surface area contributed by atoms with Crippen molar-refractivity contribution in [3.8, 4) is 5.69 Å². The molecule has 1 heterocycles. The SMILES string of the molecule is CC(=O)c1ccc(N=C(C)c2c(C)[nH]n(-c3ccccc3)c2=O)cc1. The summed E-state index contributed by atoms with van der Waals surface area (Å²) in [6.45, 7) is 5.19. The number of aromatic amines is 1.